The standard InChI is InChI=1S/C12H6N2O4/c15-8-4-5-9(16)14(8)7-3-1-2-6-10(7)12(18)13-11(6)17/h1-5H,(H,13,17,18). The van der Waals surface area contributed by atoms with Crippen LogP contribution >= 0.6 is 0 Å². The topological polar surface area (TPSA) is 83.6 Å². The third-order valence-electron chi connectivity index (χ3n) is 2.79. The fourth-order valence-electron chi connectivity index (χ4n) is 2.02. The average Bonchev–Trinajstić information content (AvgIpc) is 2.81. The van der Waals surface area contributed by atoms with E-state index in [9.17, 15) is 19.2 Å². The lowest BCUT2D eigenvalue weighted by Crippen LogP contribution is -2.31. The molecule has 0 saturated heterocycles. The number of fused-ring (bicyclic) bond motifs is 1. The molecule has 1 N–H and O–H groups in total. The number of hydrogen-bond acceptors (Lipinski definition) is 4. The van der Waals surface area contributed by atoms with E-state index in [1.54, 1.807) is 0 Å². The molecule has 0 radical (unpaired) electrons. The molecule has 0 unspecified atom stereocenters. The van der Waals surface area contributed by atoms with E-state index in [-0.39, 0.29) is 16.8 Å². The average molecular weight is 242 g/mol. The molecule has 1 aromatic carbocycles. The molecule has 4 amide bonds. The molecule has 1 aromatic rings. The van der Waals surface area contributed by atoms with Gasteiger partial charge in [-0.15, -0.1) is 0 Å². The number of amides is 4. The Bertz CT molecular complexity index is 642. The minimum atomic E-state index is -0.599. The molecule has 2 heterocycles. The van der Waals surface area contributed by atoms with Crippen molar-refractivity contribution in [2.45, 2.75) is 0 Å². The Hall–Kier alpha value is -2.76. The molecule has 0 aromatic heterocycles. The van der Waals surface area contributed by atoms with Crippen LogP contribution in [0.4, 0.5) is 5.69 Å². The largest absolute Gasteiger partial charge is 0.288 e. The summed E-state index contributed by atoms with van der Waals surface area (Å²) in [4.78, 5) is 47.2. The molecule has 0 bridgehead atoms. The molecule has 0 spiro atoms. The maximum Gasteiger partial charge on any atom is 0.261 e. The van der Waals surface area contributed by atoms with Crippen LogP contribution in [0.2, 0.25) is 0 Å². The zero-order valence-corrected chi connectivity index (χ0v) is 8.97. The van der Waals surface area contributed by atoms with Gasteiger partial charge in [-0.05, 0) is 12.1 Å². The van der Waals surface area contributed by atoms with Gasteiger partial charge in [-0.25, -0.2) is 4.90 Å². The predicted octanol–water partition coefficient (Wildman–Crippen LogP) is -0.000400. The van der Waals surface area contributed by atoms with Gasteiger partial charge >= 0.3 is 0 Å². The van der Waals surface area contributed by atoms with E-state index >= 15 is 0 Å². The number of nitrogens with one attached hydrogen (secondary N) is 1. The predicted molar refractivity (Wildman–Crippen MR) is 59.9 cm³/mol. The number of carbonyl (C=O) groups excluding carboxylic acids is 4. The van der Waals surface area contributed by atoms with Crippen molar-refractivity contribution in [3.05, 3.63) is 41.5 Å². The summed E-state index contributed by atoms with van der Waals surface area (Å²) in [6.45, 7) is 0. The van der Waals surface area contributed by atoms with Crippen molar-refractivity contribution in [3.63, 3.8) is 0 Å². The van der Waals surface area contributed by atoms with Gasteiger partial charge in [0.1, 0.15) is 0 Å². The van der Waals surface area contributed by atoms with Crippen molar-refractivity contribution < 1.29 is 19.2 Å². The second-order valence-corrected chi connectivity index (χ2v) is 3.83. The van der Waals surface area contributed by atoms with Crippen LogP contribution in [-0.4, -0.2) is 23.6 Å². The first kappa shape index (κ1) is 10.4. The van der Waals surface area contributed by atoms with E-state index in [1.807, 2.05) is 0 Å². The molecule has 0 fully saturated rings. The van der Waals surface area contributed by atoms with Gasteiger partial charge in [0.25, 0.3) is 23.6 Å². The first-order valence-corrected chi connectivity index (χ1v) is 5.14. The monoisotopic (exact) mass is 242 g/mol. The SMILES string of the molecule is O=C1NC(=O)c2c1cccc2N1C(=O)C=CC1=O. The molecule has 88 valence electrons. The van der Waals surface area contributed by atoms with Crippen molar-refractivity contribution in [1.29, 1.82) is 0 Å². The van der Waals surface area contributed by atoms with Crippen LogP contribution < -0.4 is 10.2 Å². The molecule has 18 heavy (non-hydrogen) atoms. The van der Waals surface area contributed by atoms with Gasteiger partial charge in [-0.2, -0.15) is 0 Å². The Morgan fingerprint density at radius 3 is 2.22 bits per heavy atom. The highest BCUT2D eigenvalue weighted by Crippen LogP contribution is 2.29. The number of hydrogen-bond donors (Lipinski definition) is 1. The number of carbonyl (C=O) groups is 4. The summed E-state index contributed by atoms with van der Waals surface area (Å²) >= 11 is 0. The lowest BCUT2D eigenvalue weighted by atomic mass is 10.1. The quantitative estimate of drug-likeness (QED) is 0.702. The summed E-state index contributed by atoms with van der Waals surface area (Å²) in [6.07, 6.45) is 2.24. The molecular weight excluding hydrogens is 236 g/mol. The lowest BCUT2D eigenvalue weighted by molar-refractivity contribution is -0.119. The maximum atomic E-state index is 11.7. The van der Waals surface area contributed by atoms with Gasteiger partial charge in [0, 0.05) is 12.2 Å². The number of rotatable bonds is 1. The Kier molecular flexibility index (Phi) is 1.94. The molecule has 3 rings (SSSR count). The Morgan fingerprint density at radius 2 is 1.56 bits per heavy atom. The van der Waals surface area contributed by atoms with Crippen LogP contribution in [0.1, 0.15) is 20.7 Å². The van der Waals surface area contributed by atoms with Crippen molar-refractivity contribution in [2.24, 2.45) is 0 Å². The second-order valence-electron chi connectivity index (χ2n) is 3.83. The summed E-state index contributed by atoms with van der Waals surface area (Å²) in [5.74, 6) is -2.18. The highest BCUT2D eigenvalue weighted by Gasteiger charge is 2.35. The zero-order chi connectivity index (χ0) is 12.9. The van der Waals surface area contributed by atoms with Crippen LogP contribution in [0.5, 0.6) is 0 Å². The van der Waals surface area contributed by atoms with Gasteiger partial charge in [-0.3, -0.25) is 24.5 Å². The minimum absolute atomic E-state index is 0.0629. The molecule has 2 aliphatic heterocycles. The summed E-state index contributed by atoms with van der Waals surface area (Å²) < 4.78 is 0. The summed E-state index contributed by atoms with van der Waals surface area (Å²) in [5.41, 5.74) is 0.369. The third kappa shape index (κ3) is 1.22. The van der Waals surface area contributed by atoms with Crippen molar-refractivity contribution in [1.82, 2.24) is 5.32 Å². The number of benzene rings is 1. The third-order valence-corrected chi connectivity index (χ3v) is 2.79. The Balaban J connectivity index is 2.21. The molecule has 0 saturated carbocycles. The molecule has 0 aliphatic carbocycles. The highest BCUT2D eigenvalue weighted by molar-refractivity contribution is 6.32. The van der Waals surface area contributed by atoms with Crippen molar-refractivity contribution in [3.8, 4) is 0 Å². The lowest BCUT2D eigenvalue weighted by Gasteiger charge is -2.15. The molecular formula is C12H6N2O4. The van der Waals surface area contributed by atoms with Crippen LogP contribution in [0.25, 0.3) is 0 Å². The van der Waals surface area contributed by atoms with E-state index in [4.69, 9.17) is 0 Å². The Morgan fingerprint density at radius 1 is 0.889 bits per heavy atom. The van der Waals surface area contributed by atoms with Crippen molar-refractivity contribution >= 4 is 29.3 Å². The fraction of sp³-hybridized carbons (Fsp3) is 0. The van der Waals surface area contributed by atoms with E-state index in [0.717, 1.165) is 17.1 Å². The fourth-order valence-corrected chi connectivity index (χ4v) is 2.02. The van der Waals surface area contributed by atoms with E-state index in [0.29, 0.717) is 0 Å². The maximum absolute atomic E-state index is 11.7. The van der Waals surface area contributed by atoms with Crippen LogP contribution in [0.15, 0.2) is 30.4 Å². The van der Waals surface area contributed by atoms with Gasteiger partial charge in [0.2, 0.25) is 0 Å². The van der Waals surface area contributed by atoms with Crippen LogP contribution in [0.3, 0.4) is 0 Å². The minimum Gasteiger partial charge on any atom is -0.288 e. The number of anilines is 1. The van der Waals surface area contributed by atoms with Gasteiger partial charge in [-0.1, -0.05) is 6.07 Å². The van der Waals surface area contributed by atoms with E-state index < -0.39 is 23.6 Å². The van der Waals surface area contributed by atoms with Crippen LogP contribution in [-0.2, 0) is 9.59 Å². The van der Waals surface area contributed by atoms with E-state index in [1.165, 1.54) is 18.2 Å². The summed E-state index contributed by atoms with van der Waals surface area (Å²) in [6, 6.07) is 4.45. The smallest absolute Gasteiger partial charge is 0.261 e. The first-order chi connectivity index (χ1) is 8.59. The Labute approximate surface area is 101 Å². The second kappa shape index (κ2) is 3.36. The van der Waals surface area contributed by atoms with Gasteiger partial charge < -0.3 is 0 Å². The molecule has 0 atom stereocenters. The van der Waals surface area contributed by atoms with Gasteiger partial charge in [0.05, 0.1) is 16.8 Å². The molecule has 2 aliphatic rings. The van der Waals surface area contributed by atoms with Crippen molar-refractivity contribution in [2.75, 3.05) is 4.90 Å². The van der Waals surface area contributed by atoms with Gasteiger partial charge in [0.15, 0.2) is 0 Å². The summed E-state index contributed by atoms with van der Waals surface area (Å²) in [7, 11) is 0. The number of nitrogens with zero attached hydrogens (tertiary/aromatic N) is 1. The normalized spacial score (nSPS) is 17.4. The molecule has 6 heteroatoms. The number of imide groups is 2. The summed E-state index contributed by atoms with van der Waals surface area (Å²) in [5, 5.41) is 2.13. The first-order valence-electron chi connectivity index (χ1n) is 5.14. The zero-order valence-electron chi connectivity index (χ0n) is 8.97. The van der Waals surface area contributed by atoms with Crippen LogP contribution in [0, 0.1) is 0 Å². The molecule has 6 nitrogen and oxygen atoms in total. The van der Waals surface area contributed by atoms with E-state index in [2.05, 4.69) is 5.32 Å². The highest BCUT2D eigenvalue weighted by atomic mass is 16.2.